The van der Waals surface area contributed by atoms with Gasteiger partial charge < -0.3 is 4.74 Å². The molecule has 0 N–H and O–H groups in total. The molecule has 0 bridgehead atoms. The van der Waals surface area contributed by atoms with Crippen LogP contribution in [0.25, 0.3) is 0 Å². The number of ether oxygens (including phenoxy) is 1. The van der Waals surface area contributed by atoms with Crippen LogP contribution in [0.15, 0.2) is 0 Å². The molecule has 1 aliphatic carbocycles. The van der Waals surface area contributed by atoms with Crippen molar-refractivity contribution >= 4 is 5.97 Å². The van der Waals surface area contributed by atoms with E-state index in [9.17, 15) is 4.79 Å². The van der Waals surface area contributed by atoms with Gasteiger partial charge in [0.1, 0.15) is 0 Å². The molecule has 1 unspecified atom stereocenters. The minimum Gasteiger partial charge on any atom is -0.466 e. The van der Waals surface area contributed by atoms with Gasteiger partial charge in [0.25, 0.3) is 0 Å². The molecule has 1 aliphatic rings. The van der Waals surface area contributed by atoms with Crippen LogP contribution in [-0.2, 0) is 9.53 Å². The van der Waals surface area contributed by atoms with Crippen LogP contribution < -0.4 is 0 Å². The molecule has 0 aromatic heterocycles. The zero-order chi connectivity index (χ0) is 10.8. The Kier molecular flexibility index (Phi) is 3.57. The SMILES string of the molecule is CCOC(=O)C1(C(C)CC(C)C)CC1. The van der Waals surface area contributed by atoms with Crippen molar-refractivity contribution in [3.05, 3.63) is 0 Å². The second kappa shape index (κ2) is 4.33. The highest BCUT2D eigenvalue weighted by molar-refractivity contribution is 5.80. The summed E-state index contributed by atoms with van der Waals surface area (Å²) in [6.45, 7) is 8.98. The first-order chi connectivity index (χ1) is 6.53. The van der Waals surface area contributed by atoms with Crippen molar-refractivity contribution < 1.29 is 9.53 Å². The standard InChI is InChI=1S/C12H22O2/c1-5-14-11(13)12(6-7-12)10(4)8-9(2)3/h9-10H,5-8H2,1-4H3. The second-order valence-electron chi connectivity index (χ2n) is 4.91. The van der Waals surface area contributed by atoms with Crippen LogP contribution in [0.5, 0.6) is 0 Å². The summed E-state index contributed by atoms with van der Waals surface area (Å²) in [6.07, 6.45) is 3.18. The number of rotatable bonds is 5. The molecule has 0 aromatic carbocycles. The maximum atomic E-state index is 11.7. The summed E-state index contributed by atoms with van der Waals surface area (Å²) >= 11 is 0. The molecule has 0 aliphatic heterocycles. The molecule has 0 saturated heterocycles. The maximum absolute atomic E-state index is 11.7. The fourth-order valence-electron chi connectivity index (χ4n) is 2.24. The third-order valence-electron chi connectivity index (χ3n) is 3.24. The van der Waals surface area contributed by atoms with Gasteiger partial charge in [0.15, 0.2) is 0 Å². The van der Waals surface area contributed by atoms with E-state index >= 15 is 0 Å². The van der Waals surface area contributed by atoms with Gasteiger partial charge in [-0.2, -0.15) is 0 Å². The molecular formula is C12H22O2. The molecule has 82 valence electrons. The highest BCUT2D eigenvalue weighted by atomic mass is 16.5. The van der Waals surface area contributed by atoms with Crippen LogP contribution in [0.1, 0.15) is 47.0 Å². The summed E-state index contributed by atoms with van der Waals surface area (Å²) in [7, 11) is 0. The zero-order valence-electron chi connectivity index (χ0n) is 9.80. The Hall–Kier alpha value is -0.530. The molecule has 0 aromatic rings. The summed E-state index contributed by atoms with van der Waals surface area (Å²) in [5.74, 6) is 1.17. The Morgan fingerprint density at radius 2 is 1.93 bits per heavy atom. The summed E-state index contributed by atoms with van der Waals surface area (Å²) in [4.78, 5) is 11.7. The van der Waals surface area contributed by atoms with Crippen LogP contribution in [0.3, 0.4) is 0 Å². The molecular weight excluding hydrogens is 176 g/mol. The van der Waals surface area contributed by atoms with Gasteiger partial charge in [0.2, 0.25) is 0 Å². The topological polar surface area (TPSA) is 26.3 Å². The number of carbonyl (C=O) groups is 1. The molecule has 0 radical (unpaired) electrons. The molecule has 1 fully saturated rings. The van der Waals surface area contributed by atoms with E-state index < -0.39 is 0 Å². The molecule has 1 atom stereocenters. The zero-order valence-corrected chi connectivity index (χ0v) is 9.80. The average molecular weight is 198 g/mol. The lowest BCUT2D eigenvalue weighted by Gasteiger charge is -2.22. The molecule has 0 heterocycles. The first-order valence-corrected chi connectivity index (χ1v) is 5.70. The van der Waals surface area contributed by atoms with Gasteiger partial charge in [-0.3, -0.25) is 4.79 Å². The van der Waals surface area contributed by atoms with Gasteiger partial charge in [-0.25, -0.2) is 0 Å². The lowest BCUT2D eigenvalue weighted by Crippen LogP contribution is -2.26. The van der Waals surface area contributed by atoms with Gasteiger partial charge in [0.05, 0.1) is 12.0 Å². The van der Waals surface area contributed by atoms with Gasteiger partial charge in [-0.1, -0.05) is 20.8 Å². The average Bonchev–Trinajstić information content (AvgIpc) is 2.83. The normalized spacial score (nSPS) is 20.6. The minimum absolute atomic E-state index is 0.0353. The predicted octanol–water partition coefficient (Wildman–Crippen LogP) is 3.01. The Labute approximate surface area is 87.0 Å². The number of esters is 1. The Bertz CT molecular complexity index is 204. The van der Waals surface area contributed by atoms with Crippen LogP contribution in [0, 0.1) is 17.3 Å². The molecule has 0 spiro atoms. The van der Waals surface area contributed by atoms with Crippen molar-refractivity contribution in [3.63, 3.8) is 0 Å². The van der Waals surface area contributed by atoms with Gasteiger partial charge in [-0.15, -0.1) is 0 Å². The summed E-state index contributed by atoms with van der Waals surface area (Å²) < 4.78 is 5.13. The first-order valence-electron chi connectivity index (χ1n) is 5.70. The van der Waals surface area contributed by atoms with E-state index in [0.29, 0.717) is 18.4 Å². The fraction of sp³-hybridized carbons (Fsp3) is 0.917. The molecule has 2 nitrogen and oxygen atoms in total. The van der Waals surface area contributed by atoms with Crippen molar-refractivity contribution in [3.8, 4) is 0 Å². The van der Waals surface area contributed by atoms with Crippen molar-refractivity contribution in [2.45, 2.75) is 47.0 Å². The third-order valence-corrected chi connectivity index (χ3v) is 3.24. The van der Waals surface area contributed by atoms with Crippen LogP contribution in [0.4, 0.5) is 0 Å². The number of hydrogen-bond acceptors (Lipinski definition) is 2. The van der Waals surface area contributed by atoms with E-state index in [4.69, 9.17) is 4.74 Å². The quantitative estimate of drug-likeness (QED) is 0.635. The van der Waals surface area contributed by atoms with Crippen molar-refractivity contribution in [2.75, 3.05) is 6.61 Å². The second-order valence-corrected chi connectivity index (χ2v) is 4.91. The molecule has 0 amide bonds. The van der Waals surface area contributed by atoms with E-state index in [-0.39, 0.29) is 11.4 Å². The Morgan fingerprint density at radius 1 is 1.36 bits per heavy atom. The molecule has 1 rings (SSSR count). The maximum Gasteiger partial charge on any atom is 0.312 e. The number of hydrogen-bond donors (Lipinski definition) is 0. The summed E-state index contributed by atoms with van der Waals surface area (Å²) in [6, 6.07) is 0. The Morgan fingerprint density at radius 3 is 2.29 bits per heavy atom. The largest absolute Gasteiger partial charge is 0.466 e. The smallest absolute Gasteiger partial charge is 0.312 e. The van der Waals surface area contributed by atoms with Crippen LogP contribution >= 0.6 is 0 Å². The van der Waals surface area contributed by atoms with Crippen molar-refractivity contribution in [1.82, 2.24) is 0 Å². The number of carbonyl (C=O) groups excluding carboxylic acids is 1. The van der Waals surface area contributed by atoms with E-state index in [1.165, 1.54) is 0 Å². The summed E-state index contributed by atoms with van der Waals surface area (Å²) in [5, 5.41) is 0. The van der Waals surface area contributed by atoms with E-state index in [2.05, 4.69) is 20.8 Å². The predicted molar refractivity (Wildman–Crippen MR) is 56.9 cm³/mol. The third kappa shape index (κ3) is 2.28. The Balaban J connectivity index is 2.52. The van der Waals surface area contributed by atoms with E-state index in [0.717, 1.165) is 19.3 Å². The molecule has 2 heteroatoms. The van der Waals surface area contributed by atoms with Crippen molar-refractivity contribution in [1.29, 1.82) is 0 Å². The molecule has 1 saturated carbocycles. The summed E-state index contributed by atoms with van der Waals surface area (Å²) in [5.41, 5.74) is -0.111. The lowest BCUT2D eigenvalue weighted by molar-refractivity contribution is -0.152. The van der Waals surface area contributed by atoms with E-state index in [1.807, 2.05) is 6.92 Å². The van der Waals surface area contributed by atoms with Gasteiger partial charge in [0, 0.05) is 0 Å². The fourth-order valence-corrected chi connectivity index (χ4v) is 2.24. The van der Waals surface area contributed by atoms with Crippen LogP contribution in [-0.4, -0.2) is 12.6 Å². The van der Waals surface area contributed by atoms with Crippen molar-refractivity contribution in [2.24, 2.45) is 17.3 Å². The van der Waals surface area contributed by atoms with E-state index in [1.54, 1.807) is 0 Å². The highest BCUT2D eigenvalue weighted by Crippen LogP contribution is 2.54. The lowest BCUT2D eigenvalue weighted by atomic mass is 9.84. The monoisotopic (exact) mass is 198 g/mol. The van der Waals surface area contributed by atoms with Crippen LogP contribution in [0.2, 0.25) is 0 Å². The molecule has 14 heavy (non-hydrogen) atoms. The highest BCUT2D eigenvalue weighted by Gasteiger charge is 2.54. The van der Waals surface area contributed by atoms with Gasteiger partial charge >= 0.3 is 5.97 Å². The first kappa shape index (κ1) is 11.5. The van der Waals surface area contributed by atoms with Gasteiger partial charge in [-0.05, 0) is 38.0 Å². The minimum atomic E-state index is -0.111.